The molecule has 3 atom stereocenters. The van der Waals surface area contributed by atoms with Gasteiger partial charge in [0.15, 0.2) is 11.6 Å². The van der Waals surface area contributed by atoms with E-state index in [1.807, 2.05) is 48.5 Å². The molecule has 1 aliphatic carbocycles. The number of carboxylic acid groups (broad SMARTS) is 1. The third kappa shape index (κ3) is 7.70. The molecular weight excluding hydrogens is 559 g/mol. The van der Waals surface area contributed by atoms with Gasteiger partial charge in [-0.25, -0.2) is 0 Å². The largest absolute Gasteiger partial charge is 0.481 e. The van der Waals surface area contributed by atoms with Crippen LogP contribution in [0.15, 0.2) is 48.5 Å². The van der Waals surface area contributed by atoms with E-state index in [1.54, 1.807) is 0 Å². The monoisotopic (exact) mass is 590 g/mol. The molecule has 0 aliphatic heterocycles. The van der Waals surface area contributed by atoms with Crippen LogP contribution in [-0.4, -0.2) is 40.6 Å². The third-order valence-electron chi connectivity index (χ3n) is 6.60. The number of amides is 1. The van der Waals surface area contributed by atoms with Crippen molar-refractivity contribution < 1.29 is 24.3 Å². The molecule has 2 aromatic rings. The number of hydrogen-bond acceptors (Lipinski definition) is 5. The minimum atomic E-state index is -1.05. The Morgan fingerprint density at radius 1 is 1.06 bits per heavy atom. The molecular formula is C27H31IN2O5. The molecule has 0 saturated heterocycles. The Morgan fingerprint density at radius 3 is 2.20 bits per heavy atom. The van der Waals surface area contributed by atoms with Crippen LogP contribution in [0.2, 0.25) is 0 Å². The van der Waals surface area contributed by atoms with Gasteiger partial charge in [-0.05, 0) is 89.9 Å². The van der Waals surface area contributed by atoms with E-state index < -0.39 is 29.9 Å². The van der Waals surface area contributed by atoms with Gasteiger partial charge < -0.3 is 16.2 Å². The van der Waals surface area contributed by atoms with Crippen LogP contribution in [0, 0.1) is 15.4 Å². The van der Waals surface area contributed by atoms with Gasteiger partial charge in [-0.1, -0.05) is 36.4 Å². The molecule has 0 spiro atoms. The summed E-state index contributed by atoms with van der Waals surface area (Å²) in [6.45, 7) is 1.45. The van der Waals surface area contributed by atoms with Gasteiger partial charge in [0.25, 0.3) is 0 Å². The highest BCUT2D eigenvalue weighted by Crippen LogP contribution is 2.29. The summed E-state index contributed by atoms with van der Waals surface area (Å²) in [6, 6.07) is 14.1. The first-order valence-corrected chi connectivity index (χ1v) is 12.8. The number of hydrogen-bond donors (Lipinski definition) is 3. The average Bonchev–Trinajstić information content (AvgIpc) is 3.24. The van der Waals surface area contributed by atoms with Crippen molar-refractivity contribution in [1.82, 2.24) is 5.32 Å². The fraction of sp³-hybridized carbons (Fsp3) is 0.407. The van der Waals surface area contributed by atoms with E-state index in [4.69, 9.17) is 10.8 Å². The molecule has 0 aromatic heterocycles. The molecule has 0 fully saturated rings. The van der Waals surface area contributed by atoms with Gasteiger partial charge in [-0.2, -0.15) is 0 Å². The standard InChI is InChI=1S/C27H31IN2O5/c1-16(31)26(21-13-18-4-2-3-5-19(18)14-21)30-27(35)20(8-11-25(33)34)15-24(32)23(29)12-17-6-9-22(28)10-7-17/h2-7,9-10,20-21,23,26H,8,11-15,29H2,1H3,(H,30,35)(H,33,34)/t20-,23+,26-/m1/s1. The van der Waals surface area contributed by atoms with Crippen LogP contribution in [0.25, 0.3) is 0 Å². The highest BCUT2D eigenvalue weighted by atomic mass is 127. The van der Waals surface area contributed by atoms with Crippen molar-refractivity contribution in [1.29, 1.82) is 0 Å². The molecule has 1 aliphatic rings. The van der Waals surface area contributed by atoms with Gasteiger partial charge in [0.1, 0.15) is 0 Å². The number of Topliss-reactive ketones (excluding diaryl/α,β-unsaturated/α-hetero) is 2. The van der Waals surface area contributed by atoms with E-state index in [1.165, 1.54) is 6.92 Å². The lowest BCUT2D eigenvalue weighted by molar-refractivity contribution is -0.138. The molecule has 0 unspecified atom stereocenters. The van der Waals surface area contributed by atoms with Crippen molar-refractivity contribution in [2.75, 3.05) is 0 Å². The van der Waals surface area contributed by atoms with Gasteiger partial charge in [0.05, 0.1) is 12.1 Å². The van der Waals surface area contributed by atoms with Crippen LogP contribution >= 0.6 is 22.6 Å². The molecule has 4 N–H and O–H groups in total. The lowest BCUT2D eigenvalue weighted by Gasteiger charge is -2.25. The van der Waals surface area contributed by atoms with Crippen molar-refractivity contribution >= 4 is 46.0 Å². The number of carbonyl (C=O) groups is 4. The maximum absolute atomic E-state index is 13.2. The molecule has 0 radical (unpaired) electrons. The van der Waals surface area contributed by atoms with Crippen LogP contribution in [0.4, 0.5) is 0 Å². The van der Waals surface area contributed by atoms with Crippen LogP contribution in [0.5, 0.6) is 0 Å². The predicted molar refractivity (Wildman–Crippen MR) is 141 cm³/mol. The number of carbonyl (C=O) groups excluding carboxylic acids is 3. The quantitative estimate of drug-likeness (QED) is 0.327. The molecule has 0 heterocycles. The number of halogens is 1. The van der Waals surface area contributed by atoms with Crippen molar-refractivity contribution in [2.45, 2.75) is 57.5 Å². The van der Waals surface area contributed by atoms with Crippen molar-refractivity contribution in [2.24, 2.45) is 17.6 Å². The molecule has 0 bridgehead atoms. The summed E-state index contributed by atoms with van der Waals surface area (Å²) in [4.78, 5) is 49.7. The molecule has 0 saturated carbocycles. The lowest BCUT2D eigenvalue weighted by Crippen LogP contribution is -2.48. The molecule has 186 valence electrons. The number of rotatable bonds is 12. The number of carboxylic acids is 1. The zero-order valence-electron chi connectivity index (χ0n) is 19.7. The van der Waals surface area contributed by atoms with Gasteiger partial charge >= 0.3 is 5.97 Å². The normalized spacial score (nSPS) is 15.6. The maximum Gasteiger partial charge on any atom is 0.303 e. The summed E-state index contributed by atoms with van der Waals surface area (Å²) in [7, 11) is 0. The number of aliphatic carboxylic acids is 1. The van der Waals surface area contributed by atoms with E-state index in [2.05, 4.69) is 27.9 Å². The Labute approximate surface area is 219 Å². The molecule has 8 heteroatoms. The summed E-state index contributed by atoms with van der Waals surface area (Å²) in [6.07, 6.45) is 1.27. The summed E-state index contributed by atoms with van der Waals surface area (Å²) in [5.41, 5.74) is 9.38. The van der Waals surface area contributed by atoms with Crippen molar-refractivity contribution in [3.05, 3.63) is 68.8 Å². The smallest absolute Gasteiger partial charge is 0.303 e. The summed E-state index contributed by atoms with van der Waals surface area (Å²) >= 11 is 2.19. The Hall–Kier alpha value is -2.59. The first kappa shape index (κ1) is 27.0. The Bertz CT molecular complexity index is 1060. The minimum absolute atomic E-state index is 0.00131. The Morgan fingerprint density at radius 2 is 1.66 bits per heavy atom. The summed E-state index contributed by atoms with van der Waals surface area (Å²) < 4.78 is 1.07. The van der Waals surface area contributed by atoms with Crippen molar-refractivity contribution in [3.63, 3.8) is 0 Å². The highest BCUT2D eigenvalue weighted by molar-refractivity contribution is 14.1. The number of nitrogens with one attached hydrogen (secondary N) is 1. The Balaban J connectivity index is 1.67. The van der Waals surface area contributed by atoms with Crippen molar-refractivity contribution in [3.8, 4) is 0 Å². The number of nitrogens with two attached hydrogens (primary N) is 1. The zero-order chi connectivity index (χ0) is 25.5. The summed E-state index contributed by atoms with van der Waals surface area (Å²) in [5.74, 6) is -2.93. The second-order valence-corrected chi connectivity index (χ2v) is 10.5. The van der Waals surface area contributed by atoms with Crippen LogP contribution < -0.4 is 11.1 Å². The summed E-state index contributed by atoms with van der Waals surface area (Å²) in [5, 5.41) is 12.0. The maximum atomic E-state index is 13.2. The lowest BCUT2D eigenvalue weighted by atomic mass is 9.89. The van der Waals surface area contributed by atoms with Gasteiger partial charge in [0, 0.05) is 22.3 Å². The molecule has 1 amide bonds. The molecule has 35 heavy (non-hydrogen) atoms. The molecule has 7 nitrogen and oxygen atoms in total. The highest BCUT2D eigenvalue weighted by Gasteiger charge is 2.34. The van der Waals surface area contributed by atoms with Gasteiger partial charge in [-0.15, -0.1) is 0 Å². The topological polar surface area (TPSA) is 127 Å². The van der Waals surface area contributed by atoms with E-state index in [0.29, 0.717) is 19.3 Å². The van der Waals surface area contributed by atoms with E-state index >= 15 is 0 Å². The molecule has 3 rings (SSSR count). The fourth-order valence-corrected chi connectivity index (χ4v) is 5.02. The minimum Gasteiger partial charge on any atom is -0.481 e. The Kier molecular flexibility index (Phi) is 9.56. The third-order valence-corrected chi connectivity index (χ3v) is 7.32. The van der Waals surface area contributed by atoms with Gasteiger partial charge in [-0.3, -0.25) is 19.2 Å². The van der Waals surface area contributed by atoms with Crippen LogP contribution in [0.1, 0.15) is 42.9 Å². The first-order chi connectivity index (χ1) is 16.6. The first-order valence-electron chi connectivity index (χ1n) is 11.8. The number of benzene rings is 2. The van der Waals surface area contributed by atoms with E-state index in [9.17, 15) is 19.2 Å². The van der Waals surface area contributed by atoms with Crippen LogP contribution in [-0.2, 0) is 38.4 Å². The number of ketones is 2. The molecule has 2 aromatic carbocycles. The SMILES string of the molecule is CC(=O)[C@@H](NC(=O)[C@H](CCC(=O)O)CC(=O)[C@@H](N)Cc1ccc(I)cc1)C1Cc2ccccc2C1. The average molecular weight is 590 g/mol. The van der Waals surface area contributed by atoms with Gasteiger partial charge in [0.2, 0.25) is 5.91 Å². The van der Waals surface area contributed by atoms with E-state index in [-0.39, 0.29) is 36.7 Å². The fourth-order valence-electron chi connectivity index (χ4n) is 4.66. The van der Waals surface area contributed by atoms with E-state index in [0.717, 1.165) is 20.3 Å². The zero-order valence-corrected chi connectivity index (χ0v) is 21.9. The second-order valence-electron chi connectivity index (χ2n) is 9.27. The van der Waals surface area contributed by atoms with Crippen LogP contribution in [0.3, 0.4) is 0 Å². The number of fused-ring (bicyclic) bond motifs is 1. The second kappa shape index (κ2) is 12.4. The predicted octanol–water partition coefficient (Wildman–Crippen LogP) is 3.09.